The number of hydrogen-bond donors (Lipinski definition) is 2. The summed E-state index contributed by atoms with van der Waals surface area (Å²) < 4.78 is 5.50. The van der Waals surface area contributed by atoms with Gasteiger partial charge in [0, 0.05) is 19.2 Å². The minimum atomic E-state index is 0.0573. The van der Waals surface area contributed by atoms with Crippen LogP contribution in [0.5, 0.6) is 0 Å². The average Bonchev–Trinajstić information content (AvgIpc) is 2.92. The maximum atomic E-state index is 12.3. The van der Waals surface area contributed by atoms with Crippen LogP contribution in [0.2, 0.25) is 0 Å². The summed E-state index contributed by atoms with van der Waals surface area (Å²) in [6, 6.07) is 7.24. The Hall–Kier alpha value is -2.08. The number of nitrogens with two attached hydrogens (primary N) is 1. The van der Waals surface area contributed by atoms with Gasteiger partial charge in [-0.3, -0.25) is 4.79 Å². The third kappa shape index (κ3) is 3.52. The summed E-state index contributed by atoms with van der Waals surface area (Å²) >= 11 is 0. The lowest BCUT2D eigenvalue weighted by Crippen LogP contribution is -2.41. The van der Waals surface area contributed by atoms with E-state index in [4.69, 9.17) is 15.7 Å². The second-order valence-corrected chi connectivity index (χ2v) is 5.30. The molecular formula is C15H21N3O3. The van der Waals surface area contributed by atoms with Crippen LogP contribution >= 0.6 is 0 Å². The van der Waals surface area contributed by atoms with Gasteiger partial charge in [-0.1, -0.05) is 29.4 Å². The summed E-state index contributed by atoms with van der Waals surface area (Å²) in [7, 11) is 1.82. The molecule has 21 heavy (non-hydrogen) atoms. The van der Waals surface area contributed by atoms with Crippen molar-refractivity contribution in [3.05, 3.63) is 35.4 Å². The van der Waals surface area contributed by atoms with Crippen molar-refractivity contribution in [2.45, 2.75) is 31.9 Å². The Morgan fingerprint density at radius 1 is 1.48 bits per heavy atom. The number of nitrogens with zero attached hydrogens (tertiary/aromatic N) is 2. The van der Waals surface area contributed by atoms with Gasteiger partial charge < -0.3 is 20.6 Å². The van der Waals surface area contributed by atoms with E-state index in [2.05, 4.69) is 5.16 Å². The first-order valence-corrected chi connectivity index (χ1v) is 6.97. The fourth-order valence-corrected chi connectivity index (χ4v) is 2.56. The van der Waals surface area contributed by atoms with E-state index < -0.39 is 0 Å². The van der Waals surface area contributed by atoms with Crippen LogP contribution in [0.4, 0.5) is 0 Å². The van der Waals surface area contributed by atoms with Gasteiger partial charge in [-0.05, 0) is 18.9 Å². The van der Waals surface area contributed by atoms with Crippen LogP contribution in [-0.4, -0.2) is 47.7 Å². The number of carbonyl (C=O) groups excluding carboxylic acids is 1. The van der Waals surface area contributed by atoms with Crippen LogP contribution in [-0.2, 0) is 16.0 Å². The molecule has 1 aliphatic heterocycles. The number of carbonyl (C=O) groups is 1. The third-order valence-corrected chi connectivity index (χ3v) is 3.94. The van der Waals surface area contributed by atoms with Gasteiger partial charge >= 0.3 is 0 Å². The summed E-state index contributed by atoms with van der Waals surface area (Å²) in [5.41, 5.74) is 7.02. The van der Waals surface area contributed by atoms with E-state index in [-0.39, 0.29) is 23.9 Å². The number of benzene rings is 1. The highest BCUT2D eigenvalue weighted by Gasteiger charge is 2.30. The summed E-state index contributed by atoms with van der Waals surface area (Å²) in [6.07, 6.45) is 1.30. The molecule has 0 aliphatic carbocycles. The smallest absolute Gasteiger partial charge is 0.227 e. The standard InChI is InChI=1S/C15H21N3O3/c1-10-13(7-8-21-10)18(2)14(19)9-11-3-5-12(6-4-11)15(16)17-20/h3-6,10,13,20H,7-9H2,1-2H3,(H2,16,17). The molecule has 6 heteroatoms. The van der Waals surface area contributed by atoms with Gasteiger partial charge in [-0.15, -0.1) is 0 Å². The minimum absolute atomic E-state index is 0.0573. The van der Waals surface area contributed by atoms with Crippen LogP contribution in [0.3, 0.4) is 0 Å². The van der Waals surface area contributed by atoms with Crippen LogP contribution < -0.4 is 5.73 Å². The highest BCUT2D eigenvalue weighted by atomic mass is 16.5. The Kier molecular flexibility index (Phi) is 4.80. The Morgan fingerprint density at radius 2 is 2.14 bits per heavy atom. The molecule has 1 amide bonds. The molecule has 1 aromatic rings. The lowest BCUT2D eigenvalue weighted by atomic mass is 10.1. The Bertz CT molecular complexity index is 527. The van der Waals surface area contributed by atoms with Gasteiger partial charge in [0.25, 0.3) is 0 Å². The molecule has 0 bridgehead atoms. The number of rotatable bonds is 4. The van der Waals surface area contributed by atoms with Crippen LogP contribution in [0.25, 0.3) is 0 Å². The van der Waals surface area contributed by atoms with E-state index in [0.29, 0.717) is 18.6 Å². The van der Waals surface area contributed by atoms with Crippen LogP contribution in [0.1, 0.15) is 24.5 Å². The van der Waals surface area contributed by atoms with Gasteiger partial charge in [-0.2, -0.15) is 0 Å². The number of likely N-dealkylation sites (N-methyl/N-ethyl adjacent to an activating group) is 1. The highest BCUT2D eigenvalue weighted by molar-refractivity contribution is 5.97. The first-order valence-electron chi connectivity index (χ1n) is 6.97. The number of oxime groups is 1. The zero-order chi connectivity index (χ0) is 15.4. The van der Waals surface area contributed by atoms with E-state index in [9.17, 15) is 4.79 Å². The molecule has 0 aromatic heterocycles. The lowest BCUT2D eigenvalue weighted by Gasteiger charge is -2.26. The van der Waals surface area contributed by atoms with Crippen molar-refractivity contribution in [3.8, 4) is 0 Å². The molecule has 0 saturated carbocycles. The molecular weight excluding hydrogens is 270 g/mol. The quantitative estimate of drug-likeness (QED) is 0.374. The second kappa shape index (κ2) is 6.58. The minimum Gasteiger partial charge on any atom is -0.409 e. The Labute approximate surface area is 124 Å². The average molecular weight is 291 g/mol. The highest BCUT2D eigenvalue weighted by Crippen LogP contribution is 2.19. The van der Waals surface area contributed by atoms with E-state index in [0.717, 1.165) is 12.0 Å². The third-order valence-electron chi connectivity index (χ3n) is 3.94. The van der Waals surface area contributed by atoms with Gasteiger partial charge in [0.1, 0.15) is 0 Å². The SMILES string of the molecule is CC1OCCC1N(C)C(=O)Cc1ccc(/C(N)=N/O)cc1. The van der Waals surface area contributed by atoms with Gasteiger partial charge in [-0.25, -0.2) is 0 Å². The van der Waals surface area contributed by atoms with E-state index in [1.54, 1.807) is 17.0 Å². The number of amides is 1. The first kappa shape index (κ1) is 15.3. The maximum Gasteiger partial charge on any atom is 0.227 e. The molecule has 2 rings (SSSR count). The van der Waals surface area contributed by atoms with Crippen LogP contribution in [0.15, 0.2) is 29.4 Å². The first-order chi connectivity index (χ1) is 10.0. The molecule has 1 heterocycles. The molecule has 2 atom stereocenters. The molecule has 2 unspecified atom stereocenters. The largest absolute Gasteiger partial charge is 0.409 e. The molecule has 0 spiro atoms. The molecule has 3 N–H and O–H groups in total. The molecule has 6 nitrogen and oxygen atoms in total. The van der Waals surface area contributed by atoms with E-state index in [1.165, 1.54) is 0 Å². The zero-order valence-corrected chi connectivity index (χ0v) is 12.3. The molecule has 1 aliphatic rings. The van der Waals surface area contributed by atoms with Gasteiger partial charge in [0.05, 0.1) is 18.6 Å². The Morgan fingerprint density at radius 3 is 2.67 bits per heavy atom. The van der Waals surface area contributed by atoms with Crippen molar-refractivity contribution in [1.82, 2.24) is 4.90 Å². The normalized spacial score (nSPS) is 22.3. The van der Waals surface area contributed by atoms with Crippen molar-refractivity contribution in [3.63, 3.8) is 0 Å². The van der Waals surface area contributed by atoms with E-state index in [1.807, 2.05) is 26.1 Å². The van der Waals surface area contributed by atoms with Crippen LogP contribution in [0, 0.1) is 0 Å². The predicted octanol–water partition coefficient (Wildman–Crippen LogP) is 0.959. The van der Waals surface area contributed by atoms with Crippen molar-refractivity contribution >= 4 is 11.7 Å². The molecule has 1 fully saturated rings. The summed E-state index contributed by atoms with van der Waals surface area (Å²) in [4.78, 5) is 14.1. The van der Waals surface area contributed by atoms with Gasteiger partial charge in [0.15, 0.2) is 5.84 Å². The summed E-state index contributed by atoms with van der Waals surface area (Å²) in [6.45, 7) is 2.70. The van der Waals surface area contributed by atoms with Crippen molar-refractivity contribution in [2.75, 3.05) is 13.7 Å². The molecule has 114 valence electrons. The van der Waals surface area contributed by atoms with Crippen molar-refractivity contribution in [1.29, 1.82) is 0 Å². The second-order valence-electron chi connectivity index (χ2n) is 5.30. The lowest BCUT2D eigenvalue weighted by molar-refractivity contribution is -0.132. The number of hydrogen-bond acceptors (Lipinski definition) is 4. The monoisotopic (exact) mass is 291 g/mol. The summed E-state index contributed by atoms with van der Waals surface area (Å²) in [5, 5.41) is 11.6. The fourth-order valence-electron chi connectivity index (χ4n) is 2.56. The molecule has 0 radical (unpaired) electrons. The molecule has 1 saturated heterocycles. The topological polar surface area (TPSA) is 88.2 Å². The maximum absolute atomic E-state index is 12.3. The summed E-state index contributed by atoms with van der Waals surface area (Å²) in [5.74, 6) is 0.121. The van der Waals surface area contributed by atoms with Gasteiger partial charge in [0.2, 0.25) is 5.91 Å². The molecule has 1 aromatic carbocycles. The van der Waals surface area contributed by atoms with Crippen molar-refractivity contribution in [2.24, 2.45) is 10.9 Å². The predicted molar refractivity (Wildman–Crippen MR) is 79.2 cm³/mol. The Balaban J connectivity index is 1.99. The fraction of sp³-hybridized carbons (Fsp3) is 0.467. The zero-order valence-electron chi connectivity index (χ0n) is 12.3. The van der Waals surface area contributed by atoms with E-state index >= 15 is 0 Å². The van der Waals surface area contributed by atoms with Crippen molar-refractivity contribution < 1.29 is 14.7 Å². The number of amidine groups is 1. The number of ether oxygens (including phenoxy) is 1.